The molecule has 2 aromatic carbocycles. The topological polar surface area (TPSA) is 33.0 Å². The van der Waals surface area contributed by atoms with Crippen molar-refractivity contribution < 1.29 is 4.74 Å². The average molecular weight is 249 g/mol. The van der Waals surface area contributed by atoms with E-state index < -0.39 is 0 Å². The molecule has 2 nitrogen and oxygen atoms in total. The predicted octanol–water partition coefficient (Wildman–Crippen LogP) is 3.63. The summed E-state index contributed by atoms with van der Waals surface area (Å²) in [5.41, 5.74) is 4.48. The van der Waals surface area contributed by atoms with Gasteiger partial charge in [0.05, 0.1) is 11.6 Å². The molecular weight excluding hydrogens is 234 g/mol. The first-order valence-corrected chi connectivity index (χ1v) is 6.59. The van der Waals surface area contributed by atoms with Gasteiger partial charge in [0, 0.05) is 5.56 Å². The zero-order valence-electron chi connectivity index (χ0n) is 10.7. The average Bonchev–Trinajstić information content (AvgIpc) is 2.93. The Kier molecular flexibility index (Phi) is 3.20. The Morgan fingerprint density at radius 3 is 2.79 bits per heavy atom. The molecule has 0 spiro atoms. The van der Waals surface area contributed by atoms with Crippen LogP contribution in [0, 0.1) is 11.3 Å². The molecule has 0 unspecified atom stereocenters. The lowest BCUT2D eigenvalue weighted by Crippen LogP contribution is -1.98. The molecule has 0 amide bonds. The third kappa shape index (κ3) is 2.46. The summed E-state index contributed by atoms with van der Waals surface area (Å²) >= 11 is 0. The molecule has 0 radical (unpaired) electrons. The van der Waals surface area contributed by atoms with Crippen LogP contribution in [0.4, 0.5) is 0 Å². The molecule has 19 heavy (non-hydrogen) atoms. The standard InChI is InChI=1S/C17H15NO/c18-11-15-4-1-2-5-16(15)12-19-17-9-8-13-6-3-7-14(13)10-17/h1-2,4-5,8-10H,3,6-7,12H2. The van der Waals surface area contributed by atoms with Gasteiger partial charge in [0.25, 0.3) is 0 Å². The number of ether oxygens (including phenoxy) is 1. The molecule has 0 saturated carbocycles. The minimum Gasteiger partial charge on any atom is -0.489 e. The van der Waals surface area contributed by atoms with Crippen LogP contribution in [0.3, 0.4) is 0 Å². The zero-order chi connectivity index (χ0) is 13.1. The second-order valence-corrected chi connectivity index (χ2v) is 4.84. The molecule has 2 aromatic rings. The van der Waals surface area contributed by atoms with Crippen molar-refractivity contribution in [2.75, 3.05) is 0 Å². The lowest BCUT2D eigenvalue weighted by atomic mass is 10.1. The molecule has 0 bridgehead atoms. The van der Waals surface area contributed by atoms with Gasteiger partial charge < -0.3 is 4.74 Å². The van der Waals surface area contributed by atoms with Crippen LogP contribution < -0.4 is 4.74 Å². The fourth-order valence-electron chi connectivity index (χ4n) is 2.55. The molecule has 3 rings (SSSR count). The minimum absolute atomic E-state index is 0.447. The lowest BCUT2D eigenvalue weighted by Gasteiger charge is -2.09. The van der Waals surface area contributed by atoms with Gasteiger partial charge >= 0.3 is 0 Å². The molecule has 0 atom stereocenters. The fraction of sp³-hybridized carbons (Fsp3) is 0.235. The maximum absolute atomic E-state index is 9.04. The number of nitrogens with zero attached hydrogens (tertiary/aromatic N) is 1. The highest BCUT2D eigenvalue weighted by molar-refractivity contribution is 5.40. The summed E-state index contributed by atoms with van der Waals surface area (Å²) in [5.74, 6) is 0.897. The van der Waals surface area contributed by atoms with Gasteiger partial charge in [0.15, 0.2) is 0 Å². The first kappa shape index (κ1) is 11.8. The van der Waals surface area contributed by atoms with Gasteiger partial charge in [-0.3, -0.25) is 0 Å². The maximum Gasteiger partial charge on any atom is 0.120 e. The van der Waals surface area contributed by atoms with Gasteiger partial charge in [0.1, 0.15) is 12.4 Å². The van der Waals surface area contributed by atoms with E-state index in [4.69, 9.17) is 10.00 Å². The monoisotopic (exact) mass is 249 g/mol. The van der Waals surface area contributed by atoms with E-state index in [0.29, 0.717) is 12.2 Å². The van der Waals surface area contributed by atoms with Crippen molar-refractivity contribution in [3.05, 3.63) is 64.7 Å². The quantitative estimate of drug-likeness (QED) is 0.832. The molecule has 0 aliphatic heterocycles. The molecule has 1 aliphatic carbocycles. The summed E-state index contributed by atoms with van der Waals surface area (Å²) in [6.45, 7) is 0.447. The van der Waals surface area contributed by atoms with Gasteiger partial charge in [-0.05, 0) is 48.6 Å². The predicted molar refractivity (Wildman–Crippen MR) is 74.0 cm³/mol. The normalized spacial score (nSPS) is 12.8. The Labute approximate surface area is 113 Å². The Hall–Kier alpha value is -2.27. The number of nitriles is 1. The van der Waals surface area contributed by atoms with Crippen molar-refractivity contribution in [2.45, 2.75) is 25.9 Å². The highest BCUT2D eigenvalue weighted by atomic mass is 16.5. The molecule has 0 aromatic heterocycles. The van der Waals surface area contributed by atoms with Crippen molar-refractivity contribution in [1.29, 1.82) is 5.26 Å². The van der Waals surface area contributed by atoms with E-state index in [1.807, 2.05) is 30.3 Å². The van der Waals surface area contributed by atoms with E-state index in [9.17, 15) is 0 Å². The number of rotatable bonds is 3. The number of benzene rings is 2. The van der Waals surface area contributed by atoms with Crippen LogP contribution in [0.2, 0.25) is 0 Å². The second-order valence-electron chi connectivity index (χ2n) is 4.84. The Bertz CT molecular complexity index is 640. The first-order chi connectivity index (χ1) is 9.36. The molecule has 94 valence electrons. The smallest absolute Gasteiger partial charge is 0.120 e. The molecule has 0 saturated heterocycles. The molecule has 1 aliphatic rings. The summed E-state index contributed by atoms with van der Waals surface area (Å²) in [4.78, 5) is 0. The first-order valence-electron chi connectivity index (χ1n) is 6.59. The van der Waals surface area contributed by atoms with E-state index in [1.54, 1.807) is 0 Å². The lowest BCUT2D eigenvalue weighted by molar-refractivity contribution is 0.305. The second kappa shape index (κ2) is 5.16. The van der Waals surface area contributed by atoms with E-state index in [-0.39, 0.29) is 0 Å². The largest absolute Gasteiger partial charge is 0.489 e. The van der Waals surface area contributed by atoms with E-state index in [1.165, 1.54) is 24.0 Å². The fourth-order valence-corrected chi connectivity index (χ4v) is 2.55. The van der Waals surface area contributed by atoms with Crippen LogP contribution in [0.5, 0.6) is 5.75 Å². The van der Waals surface area contributed by atoms with Crippen LogP contribution in [-0.4, -0.2) is 0 Å². The van der Waals surface area contributed by atoms with Crippen molar-refractivity contribution in [2.24, 2.45) is 0 Å². The van der Waals surface area contributed by atoms with Gasteiger partial charge in [-0.2, -0.15) is 5.26 Å². The number of fused-ring (bicyclic) bond motifs is 1. The summed E-state index contributed by atoms with van der Waals surface area (Å²) < 4.78 is 5.81. The van der Waals surface area contributed by atoms with Gasteiger partial charge in [-0.25, -0.2) is 0 Å². The summed E-state index contributed by atoms with van der Waals surface area (Å²) in [7, 11) is 0. The van der Waals surface area contributed by atoms with Crippen molar-refractivity contribution >= 4 is 0 Å². The third-order valence-electron chi connectivity index (χ3n) is 3.60. The van der Waals surface area contributed by atoms with E-state index in [2.05, 4.69) is 18.2 Å². The van der Waals surface area contributed by atoms with Crippen LogP contribution in [0.25, 0.3) is 0 Å². The van der Waals surface area contributed by atoms with Crippen molar-refractivity contribution in [3.8, 4) is 11.8 Å². The molecule has 2 heteroatoms. The summed E-state index contributed by atoms with van der Waals surface area (Å²) in [6, 6.07) is 16.1. The van der Waals surface area contributed by atoms with Crippen LogP contribution in [0.1, 0.15) is 28.7 Å². The maximum atomic E-state index is 9.04. The molecule has 0 fully saturated rings. The number of aryl methyl sites for hydroxylation is 2. The van der Waals surface area contributed by atoms with Crippen LogP contribution in [0.15, 0.2) is 42.5 Å². The summed E-state index contributed by atoms with van der Waals surface area (Å²) in [6.07, 6.45) is 3.59. The van der Waals surface area contributed by atoms with E-state index in [0.717, 1.165) is 17.7 Å². The molecular formula is C17H15NO. The Morgan fingerprint density at radius 1 is 1.05 bits per heavy atom. The highest BCUT2D eigenvalue weighted by Gasteiger charge is 2.11. The van der Waals surface area contributed by atoms with Crippen LogP contribution >= 0.6 is 0 Å². The molecule has 0 N–H and O–H groups in total. The van der Waals surface area contributed by atoms with E-state index >= 15 is 0 Å². The molecule has 0 heterocycles. The van der Waals surface area contributed by atoms with Gasteiger partial charge in [-0.15, -0.1) is 0 Å². The van der Waals surface area contributed by atoms with Gasteiger partial charge in [0.2, 0.25) is 0 Å². The number of hydrogen-bond acceptors (Lipinski definition) is 2. The minimum atomic E-state index is 0.447. The van der Waals surface area contributed by atoms with Crippen LogP contribution in [-0.2, 0) is 19.4 Å². The van der Waals surface area contributed by atoms with Crippen molar-refractivity contribution in [1.82, 2.24) is 0 Å². The highest BCUT2D eigenvalue weighted by Crippen LogP contribution is 2.26. The Balaban J connectivity index is 1.74. The SMILES string of the molecule is N#Cc1ccccc1COc1ccc2c(c1)CCC2. The number of hydrogen-bond donors (Lipinski definition) is 0. The Morgan fingerprint density at radius 2 is 1.89 bits per heavy atom. The third-order valence-corrected chi connectivity index (χ3v) is 3.60. The summed E-state index contributed by atoms with van der Waals surface area (Å²) in [5, 5.41) is 9.04. The zero-order valence-corrected chi connectivity index (χ0v) is 10.7. The van der Waals surface area contributed by atoms with Gasteiger partial charge in [-0.1, -0.05) is 24.3 Å². The van der Waals surface area contributed by atoms with Crippen molar-refractivity contribution in [3.63, 3.8) is 0 Å².